The van der Waals surface area contributed by atoms with Crippen molar-refractivity contribution in [2.45, 2.75) is 26.6 Å². The lowest BCUT2D eigenvalue weighted by Crippen LogP contribution is -2.30. The zero-order valence-corrected chi connectivity index (χ0v) is 17.8. The number of fused-ring (bicyclic) bond motifs is 2. The molecule has 0 bridgehead atoms. The predicted molar refractivity (Wildman–Crippen MR) is 117 cm³/mol. The fourth-order valence-electron chi connectivity index (χ4n) is 3.48. The van der Waals surface area contributed by atoms with E-state index in [1.165, 1.54) is 17.0 Å². The number of hydrogen-bond donors (Lipinski definition) is 0. The number of nitrogens with zero attached hydrogens (tertiary/aromatic N) is 3. The quantitative estimate of drug-likeness (QED) is 0.389. The molecule has 0 atom stereocenters. The monoisotopic (exact) mass is 462 g/mol. The molecule has 0 spiro atoms. The first-order valence-electron chi connectivity index (χ1n) is 11.5. The molecule has 1 aromatic heterocycles. The lowest BCUT2D eigenvalue weighted by molar-refractivity contribution is -0.190. The molecule has 2 aromatic carbocycles. The van der Waals surface area contributed by atoms with Crippen molar-refractivity contribution in [1.29, 1.82) is 0 Å². The van der Waals surface area contributed by atoms with E-state index >= 15 is 4.39 Å². The van der Waals surface area contributed by atoms with Gasteiger partial charge in [0.05, 0.1) is 24.1 Å². The van der Waals surface area contributed by atoms with Crippen molar-refractivity contribution in [2.24, 2.45) is 12.4 Å². The number of aryl methyl sites for hydroxylation is 1. The van der Waals surface area contributed by atoms with E-state index in [0.717, 1.165) is 19.9 Å². The number of aromatic nitrogens is 2. The molecule has 0 aliphatic carbocycles. The second-order valence-corrected chi connectivity index (χ2v) is 8.07. The van der Waals surface area contributed by atoms with Crippen molar-refractivity contribution in [2.75, 3.05) is 18.1 Å². The lowest BCUT2D eigenvalue weighted by Gasteiger charge is -2.25. The Bertz CT molecular complexity index is 1450. The van der Waals surface area contributed by atoms with Gasteiger partial charge in [0.2, 0.25) is 0 Å². The van der Waals surface area contributed by atoms with Gasteiger partial charge >= 0.3 is 11.9 Å². The molecular formula is C24H21F4N3O2. The Labute approximate surface area is 191 Å². The van der Waals surface area contributed by atoms with E-state index in [-0.39, 0.29) is 42.0 Å². The molecule has 3 aromatic rings. The summed E-state index contributed by atoms with van der Waals surface area (Å²) in [6.45, 7) is -0.702. The molecule has 2 heterocycles. The van der Waals surface area contributed by atoms with Crippen LogP contribution in [0.2, 0.25) is 0 Å². The van der Waals surface area contributed by atoms with Crippen LogP contribution in [0.25, 0.3) is 10.9 Å². The first-order valence-corrected chi connectivity index (χ1v) is 10.0. The van der Waals surface area contributed by atoms with Crippen molar-refractivity contribution in [1.82, 2.24) is 9.55 Å². The SMILES string of the molecule is [2H]C([2H])([2H])n1c(=O)nc(N2CCOCc3c(C#CC(C)(C)C(F)(F)F)cccc32)c2c(F)cccc21. The maximum atomic E-state index is 15.1. The molecular weight excluding hydrogens is 438 g/mol. The summed E-state index contributed by atoms with van der Waals surface area (Å²) in [7, 11) is 0. The van der Waals surface area contributed by atoms with Crippen molar-refractivity contribution in [3.8, 4) is 11.8 Å². The zero-order chi connectivity index (χ0) is 26.5. The van der Waals surface area contributed by atoms with E-state index in [1.54, 1.807) is 18.2 Å². The highest BCUT2D eigenvalue weighted by Gasteiger charge is 2.46. The van der Waals surface area contributed by atoms with Crippen LogP contribution in [-0.4, -0.2) is 28.9 Å². The average molecular weight is 462 g/mol. The summed E-state index contributed by atoms with van der Waals surface area (Å²) in [5, 5.41) is -0.184. The maximum absolute atomic E-state index is 15.1. The number of benzene rings is 2. The number of ether oxygens (including phenoxy) is 1. The molecule has 33 heavy (non-hydrogen) atoms. The summed E-state index contributed by atoms with van der Waals surface area (Å²) in [6.07, 6.45) is -4.54. The van der Waals surface area contributed by atoms with Gasteiger partial charge in [-0.15, -0.1) is 0 Å². The van der Waals surface area contributed by atoms with Crippen LogP contribution in [0.15, 0.2) is 41.2 Å². The van der Waals surface area contributed by atoms with Crippen LogP contribution in [0, 0.1) is 23.1 Å². The number of rotatable bonds is 1. The number of alkyl halides is 3. The van der Waals surface area contributed by atoms with E-state index in [9.17, 15) is 18.0 Å². The maximum Gasteiger partial charge on any atom is 0.404 e. The molecule has 1 aliphatic rings. The molecule has 4 rings (SSSR count). The van der Waals surface area contributed by atoms with Crippen LogP contribution in [0.5, 0.6) is 0 Å². The Kier molecular flexibility index (Phi) is 4.75. The van der Waals surface area contributed by atoms with Gasteiger partial charge < -0.3 is 9.64 Å². The zero-order valence-electron chi connectivity index (χ0n) is 20.8. The second-order valence-electron chi connectivity index (χ2n) is 8.07. The van der Waals surface area contributed by atoms with E-state index in [2.05, 4.69) is 16.8 Å². The number of halogens is 4. The Morgan fingerprint density at radius 2 is 1.94 bits per heavy atom. The molecule has 0 saturated heterocycles. The average Bonchev–Trinajstić information content (AvgIpc) is 2.98. The highest BCUT2D eigenvalue weighted by Crippen LogP contribution is 2.38. The largest absolute Gasteiger partial charge is 0.404 e. The van der Waals surface area contributed by atoms with E-state index in [0.29, 0.717) is 15.8 Å². The summed E-state index contributed by atoms with van der Waals surface area (Å²) in [5.74, 6) is 3.96. The van der Waals surface area contributed by atoms with Crippen LogP contribution in [0.1, 0.15) is 29.1 Å². The van der Waals surface area contributed by atoms with Gasteiger partial charge in [0.15, 0.2) is 5.82 Å². The third-order valence-electron chi connectivity index (χ3n) is 5.47. The molecule has 0 unspecified atom stereocenters. The standard InChI is InChI=1S/C24H21F4N3O2/c1-23(2,24(26,27)28)11-10-15-6-4-8-18-16(15)14-33-13-12-31(18)21-20-17(25)7-5-9-19(20)30(3)22(32)29-21/h4-9H,12-14H2,1-3H3/i3D3. The van der Waals surface area contributed by atoms with Gasteiger partial charge in [-0.3, -0.25) is 4.57 Å². The van der Waals surface area contributed by atoms with Crippen molar-refractivity contribution >= 4 is 22.4 Å². The third-order valence-corrected chi connectivity index (χ3v) is 5.47. The number of anilines is 2. The van der Waals surface area contributed by atoms with E-state index in [4.69, 9.17) is 8.85 Å². The van der Waals surface area contributed by atoms with Gasteiger partial charge in [-0.05, 0) is 38.1 Å². The molecule has 0 radical (unpaired) electrons. The Morgan fingerprint density at radius 1 is 1.18 bits per heavy atom. The molecule has 172 valence electrons. The van der Waals surface area contributed by atoms with Crippen molar-refractivity contribution in [3.63, 3.8) is 0 Å². The Balaban J connectivity index is 1.95. The lowest BCUT2D eigenvalue weighted by atomic mass is 9.92. The molecule has 0 saturated carbocycles. The minimum Gasteiger partial charge on any atom is -0.375 e. The van der Waals surface area contributed by atoms with Crippen LogP contribution in [-0.2, 0) is 18.3 Å². The van der Waals surface area contributed by atoms with Gasteiger partial charge in [0.25, 0.3) is 0 Å². The van der Waals surface area contributed by atoms with Crippen LogP contribution in [0.4, 0.5) is 29.1 Å². The fraction of sp³-hybridized carbons (Fsp3) is 0.333. The molecule has 9 heteroatoms. The topological polar surface area (TPSA) is 47.4 Å². The number of hydrogen-bond acceptors (Lipinski definition) is 4. The van der Waals surface area contributed by atoms with Crippen molar-refractivity contribution < 1.29 is 26.4 Å². The van der Waals surface area contributed by atoms with E-state index < -0.39 is 30.1 Å². The van der Waals surface area contributed by atoms with Gasteiger partial charge in [-0.1, -0.05) is 24.0 Å². The normalized spacial score (nSPS) is 16.2. The van der Waals surface area contributed by atoms with Gasteiger partial charge in [0, 0.05) is 34.4 Å². The minimum absolute atomic E-state index is 0.00981. The molecule has 0 amide bonds. The molecule has 0 fully saturated rings. The summed E-state index contributed by atoms with van der Waals surface area (Å²) in [4.78, 5) is 18.2. The first-order chi connectivity index (χ1) is 16.7. The summed E-state index contributed by atoms with van der Waals surface area (Å²) in [5.41, 5.74) is -2.41. The Morgan fingerprint density at radius 3 is 2.67 bits per heavy atom. The molecule has 0 N–H and O–H groups in total. The summed E-state index contributed by atoms with van der Waals surface area (Å²) < 4.78 is 84.2. The highest BCUT2D eigenvalue weighted by molar-refractivity contribution is 5.92. The second kappa shape index (κ2) is 8.19. The van der Waals surface area contributed by atoms with Crippen LogP contribution >= 0.6 is 0 Å². The van der Waals surface area contributed by atoms with E-state index in [1.807, 2.05) is 0 Å². The summed E-state index contributed by atoms with van der Waals surface area (Å²) >= 11 is 0. The first kappa shape index (κ1) is 19.1. The summed E-state index contributed by atoms with van der Waals surface area (Å²) in [6, 6.07) is 8.48. The van der Waals surface area contributed by atoms with Gasteiger partial charge in [-0.2, -0.15) is 18.2 Å². The fourth-order valence-corrected chi connectivity index (χ4v) is 3.48. The molecule has 5 nitrogen and oxygen atoms in total. The van der Waals surface area contributed by atoms with Crippen LogP contribution in [0.3, 0.4) is 0 Å². The molecule has 1 aliphatic heterocycles. The van der Waals surface area contributed by atoms with Crippen molar-refractivity contribution in [3.05, 3.63) is 63.8 Å². The Hall–Kier alpha value is -3.38. The highest BCUT2D eigenvalue weighted by atomic mass is 19.4. The minimum atomic E-state index is -4.54. The van der Waals surface area contributed by atoms with Gasteiger partial charge in [-0.25, -0.2) is 9.18 Å². The predicted octanol–water partition coefficient (Wildman–Crippen LogP) is 4.68. The van der Waals surface area contributed by atoms with Crippen LogP contribution < -0.4 is 10.6 Å². The smallest absolute Gasteiger partial charge is 0.375 e. The third kappa shape index (κ3) is 4.07. The van der Waals surface area contributed by atoms with Gasteiger partial charge in [0.1, 0.15) is 11.2 Å².